The third-order valence-corrected chi connectivity index (χ3v) is 5.18. The van der Waals surface area contributed by atoms with E-state index < -0.39 is 0 Å². The van der Waals surface area contributed by atoms with Crippen LogP contribution in [0.5, 0.6) is 5.75 Å². The molecule has 0 atom stereocenters. The van der Waals surface area contributed by atoms with Crippen molar-refractivity contribution in [3.8, 4) is 17.2 Å². The first-order valence-electron chi connectivity index (χ1n) is 9.40. The highest BCUT2D eigenvalue weighted by atomic mass is 35.5. The summed E-state index contributed by atoms with van der Waals surface area (Å²) in [6.45, 7) is 1.91. The van der Waals surface area contributed by atoms with E-state index in [1.54, 1.807) is 42.5 Å². The lowest BCUT2D eigenvalue weighted by Crippen LogP contribution is -2.20. The molecule has 152 valence electrons. The van der Waals surface area contributed by atoms with Crippen LogP contribution in [0.15, 0.2) is 65.1 Å². The number of rotatable bonds is 6. The van der Waals surface area contributed by atoms with Gasteiger partial charge in [0.05, 0.1) is 15.6 Å². The quantitative estimate of drug-likeness (QED) is 0.377. The number of fused-ring (bicyclic) bond motifs is 1. The van der Waals surface area contributed by atoms with E-state index in [1.165, 1.54) is 5.56 Å². The Hall–Kier alpha value is -3.02. The molecule has 0 unspecified atom stereocenters. The number of hydrogen-bond donors (Lipinski definition) is 1. The van der Waals surface area contributed by atoms with Crippen molar-refractivity contribution in [2.45, 2.75) is 13.3 Å². The lowest BCUT2D eigenvalue weighted by molar-refractivity contribution is -0.118. The number of ether oxygens (including phenoxy) is 1. The third-order valence-electron chi connectivity index (χ3n) is 4.54. The molecule has 5 nitrogen and oxygen atoms in total. The van der Waals surface area contributed by atoms with Gasteiger partial charge < -0.3 is 14.5 Å². The van der Waals surface area contributed by atoms with Gasteiger partial charge in [-0.05, 0) is 54.4 Å². The molecule has 1 amide bonds. The Morgan fingerprint density at radius 2 is 1.90 bits per heavy atom. The van der Waals surface area contributed by atoms with Crippen LogP contribution in [-0.4, -0.2) is 17.5 Å². The number of nitrogens with one attached hydrogen (secondary N) is 1. The fraction of sp³-hybridized carbons (Fsp3) is 0.130. The van der Waals surface area contributed by atoms with Crippen molar-refractivity contribution < 1.29 is 13.9 Å². The maximum Gasteiger partial charge on any atom is 0.262 e. The van der Waals surface area contributed by atoms with Gasteiger partial charge in [-0.1, -0.05) is 48.3 Å². The Morgan fingerprint density at radius 3 is 2.70 bits per heavy atom. The Morgan fingerprint density at radius 1 is 1.07 bits per heavy atom. The van der Waals surface area contributed by atoms with Crippen molar-refractivity contribution >= 4 is 45.9 Å². The fourth-order valence-electron chi connectivity index (χ4n) is 2.98. The van der Waals surface area contributed by atoms with Gasteiger partial charge in [-0.15, -0.1) is 0 Å². The van der Waals surface area contributed by atoms with Gasteiger partial charge in [-0.3, -0.25) is 4.79 Å². The maximum absolute atomic E-state index is 12.3. The molecular weight excluding hydrogens is 423 g/mol. The number of oxazole rings is 1. The molecule has 1 N–H and O–H groups in total. The first-order valence-corrected chi connectivity index (χ1v) is 10.2. The van der Waals surface area contributed by atoms with Gasteiger partial charge in [0.15, 0.2) is 12.2 Å². The van der Waals surface area contributed by atoms with Crippen molar-refractivity contribution in [3.05, 3.63) is 76.3 Å². The summed E-state index contributed by atoms with van der Waals surface area (Å²) in [5.74, 6) is 0.518. The molecule has 0 aliphatic carbocycles. The molecule has 30 heavy (non-hydrogen) atoms. The summed E-state index contributed by atoms with van der Waals surface area (Å²) < 4.78 is 11.3. The largest absolute Gasteiger partial charge is 0.482 e. The zero-order valence-corrected chi connectivity index (χ0v) is 17.6. The smallest absolute Gasteiger partial charge is 0.262 e. The molecule has 0 spiro atoms. The molecule has 0 bridgehead atoms. The normalized spacial score (nSPS) is 10.9. The lowest BCUT2D eigenvalue weighted by Gasteiger charge is -2.09. The number of benzene rings is 3. The second-order valence-electron chi connectivity index (χ2n) is 6.64. The first kappa shape index (κ1) is 20.3. The van der Waals surface area contributed by atoms with E-state index in [9.17, 15) is 4.79 Å². The highest BCUT2D eigenvalue weighted by Gasteiger charge is 2.14. The van der Waals surface area contributed by atoms with E-state index in [4.69, 9.17) is 32.4 Å². The van der Waals surface area contributed by atoms with Gasteiger partial charge in [0.2, 0.25) is 5.89 Å². The Balaban J connectivity index is 1.52. The fourth-order valence-corrected chi connectivity index (χ4v) is 3.37. The number of amides is 1. The molecule has 0 fully saturated rings. The maximum atomic E-state index is 12.3. The molecular formula is C23H18Cl2N2O3. The molecule has 0 saturated carbocycles. The number of aryl methyl sites for hydroxylation is 1. The number of carbonyl (C=O) groups excluding carboxylic acids is 1. The highest BCUT2D eigenvalue weighted by Crippen LogP contribution is 2.32. The standard InChI is InChI=1S/C23H18Cl2N2O3/c1-2-14-7-10-21-19(11-14)27-23(30-21)16-12-15(8-9-17(16)24)26-22(28)13-29-20-6-4-3-5-18(20)25/h3-12H,2,13H2,1H3,(H,26,28). The summed E-state index contributed by atoms with van der Waals surface area (Å²) in [6.07, 6.45) is 0.913. The number of anilines is 1. The number of carbonyl (C=O) groups is 1. The number of aromatic nitrogens is 1. The summed E-state index contributed by atoms with van der Waals surface area (Å²) in [5.41, 5.74) is 3.77. The van der Waals surface area contributed by atoms with Crippen LogP contribution in [0, 0.1) is 0 Å². The predicted octanol–water partition coefficient (Wildman–Crippen LogP) is 6.38. The van der Waals surface area contributed by atoms with Gasteiger partial charge in [0, 0.05) is 5.69 Å². The van der Waals surface area contributed by atoms with Gasteiger partial charge in [-0.2, -0.15) is 0 Å². The second-order valence-corrected chi connectivity index (χ2v) is 7.45. The predicted molar refractivity (Wildman–Crippen MR) is 119 cm³/mol. The average Bonchev–Trinajstić information content (AvgIpc) is 3.17. The van der Waals surface area contributed by atoms with Crippen LogP contribution in [0.25, 0.3) is 22.6 Å². The molecule has 0 aliphatic rings. The van der Waals surface area contributed by atoms with Crippen LogP contribution in [-0.2, 0) is 11.2 Å². The Bertz CT molecular complexity index is 1220. The molecule has 0 radical (unpaired) electrons. The number of nitrogens with zero attached hydrogens (tertiary/aromatic N) is 1. The molecule has 1 aromatic heterocycles. The van der Waals surface area contributed by atoms with Crippen LogP contribution < -0.4 is 10.1 Å². The van der Waals surface area contributed by atoms with Crippen LogP contribution in [0.2, 0.25) is 10.0 Å². The Kier molecular flexibility index (Phi) is 5.93. The second kappa shape index (κ2) is 8.78. The summed E-state index contributed by atoms with van der Waals surface area (Å²) >= 11 is 12.4. The molecule has 1 heterocycles. The first-order chi connectivity index (χ1) is 14.5. The molecule has 0 saturated heterocycles. The highest BCUT2D eigenvalue weighted by molar-refractivity contribution is 6.33. The third kappa shape index (κ3) is 4.42. The van der Waals surface area contributed by atoms with Gasteiger partial charge in [-0.25, -0.2) is 4.98 Å². The molecule has 4 rings (SSSR count). The minimum atomic E-state index is -0.326. The molecule has 4 aromatic rings. The van der Waals surface area contributed by atoms with E-state index in [2.05, 4.69) is 17.2 Å². The van der Waals surface area contributed by atoms with Crippen LogP contribution in [0.4, 0.5) is 5.69 Å². The monoisotopic (exact) mass is 440 g/mol. The molecule has 7 heteroatoms. The van der Waals surface area contributed by atoms with Crippen molar-refractivity contribution in [1.29, 1.82) is 0 Å². The topological polar surface area (TPSA) is 64.4 Å². The van der Waals surface area contributed by atoms with E-state index in [1.807, 2.05) is 18.2 Å². The van der Waals surface area contributed by atoms with Crippen LogP contribution in [0.1, 0.15) is 12.5 Å². The summed E-state index contributed by atoms with van der Waals surface area (Å²) in [7, 11) is 0. The van der Waals surface area contributed by atoms with Crippen molar-refractivity contribution in [2.24, 2.45) is 0 Å². The lowest BCUT2D eigenvalue weighted by atomic mass is 10.1. The summed E-state index contributed by atoms with van der Waals surface area (Å²) in [6, 6.07) is 18.0. The zero-order chi connectivity index (χ0) is 21.1. The van der Waals surface area contributed by atoms with Crippen molar-refractivity contribution in [1.82, 2.24) is 4.98 Å². The van der Waals surface area contributed by atoms with Gasteiger partial charge in [0.1, 0.15) is 11.3 Å². The van der Waals surface area contributed by atoms with E-state index in [0.29, 0.717) is 38.5 Å². The summed E-state index contributed by atoms with van der Waals surface area (Å²) in [5, 5.41) is 3.71. The van der Waals surface area contributed by atoms with Gasteiger partial charge in [0.25, 0.3) is 5.91 Å². The zero-order valence-electron chi connectivity index (χ0n) is 16.1. The molecule has 0 aliphatic heterocycles. The van der Waals surface area contributed by atoms with E-state index >= 15 is 0 Å². The number of para-hydroxylation sites is 1. The van der Waals surface area contributed by atoms with Crippen molar-refractivity contribution in [3.63, 3.8) is 0 Å². The SMILES string of the molecule is CCc1ccc2oc(-c3cc(NC(=O)COc4ccccc4Cl)ccc3Cl)nc2c1. The van der Waals surface area contributed by atoms with E-state index in [-0.39, 0.29) is 12.5 Å². The van der Waals surface area contributed by atoms with Crippen molar-refractivity contribution in [2.75, 3.05) is 11.9 Å². The Labute approximate surface area is 183 Å². The average molecular weight is 441 g/mol. The molecule has 3 aromatic carbocycles. The van der Waals surface area contributed by atoms with Crippen LogP contribution >= 0.6 is 23.2 Å². The van der Waals surface area contributed by atoms with Gasteiger partial charge >= 0.3 is 0 Å². The summed E-state index contributed by atoms with van der Waals surface area (Å²) in [4.78, 5) is 16.8. The minimum Gasteiger partial charge on any atom is -0.482 e. The number of halogens is 2. The van der Waals surface area contributed by atoms with E-state index in [0.717, 1.165) is 11.9 Å². The number of hydrogen-bond acceptors (Lipinski definition) is 4. The minimum absolute atomic E-state index is 0.176. The van der Waals surface area contributed by atoms with Crippen LogP contribution in [0.3, 0.4) is 0 Å².